The lowest BCUT2D eigenvalue weighted by Gasteiger charge is -2.09. The number of hydrogen-bond donors (Lipinski definition) is 2. The number of halogens is 2. The molecule has 0 heterocycles. The minimum atomic E-state index is -0.531. The monoisotopic (exact) mass is 456 g/mol. The Morgan fingerprint density at radius 2 is 1.88 bits per heavy atom. The van der Waals surface area contributed by atoms with Gasteiger partial charge in [0.2, 0.25) is 0 Å². The highest BCUT2D eigenvalue weighted by atomic mass is 79.9. The second kappa shape index (κ2) is 8.16. The molecular weight excluding hydrogens is 444 g/mol. The maximum Gasteiger partial charge on any atom is 0.275 e. The summed E-state index contributed by atoms with van der Waals surface area (Å²) in [6, 6.07) is 8.02. The summed E-state index contributed by atoms with van der Waals surface area (Å²) in [4.78, 5) is 12.1. The van der Waals surface area contributed by atoms with E-state index in [9.17, 15) is 9.90 Å². The number of rotatable bonds is 5. The second-order valence-corrected chi connectivity index (χ2v) is 6.36. The van der Waals surface area contributed by atoms with Gasteiger partial charge in [-0.2, -0.15) is 5.10 Å². The summed E-state index contributed by atoms with van der Waals surface area (Å²) in [5.74, 6) is 0.498. The zero-order chi connectivity index (χ0) is 17.7. The van der Waals surface area contributed by atoms with E-state index in [1.54, 1.807) is 25.3 Å². The van der Waals surface area contributed by atoms with Crippen molar-refractivity contribution in [1.82, 2.24) is 5.43 Å². The number of methoxy groups -OCH3 is 2. The Morgan fingerprint density at radius 3 is 2.54 bits per heavy atom. The number of phenols is 1. The number of nitrogens with zero attached hydrogens (tertiary/aromatic N) is 1. The Balaban J connectivity index is 2.18. The first kappa shape index (κ1) is 18.3. The van der Waals surface area contributed by atoms with Crippen molar-refractivity contribution in [2.45, 2.75) is 0 Å². The van der Waals surface area contributed by atoms with Crippen molar-refractivity contribution < 1.29 is 19.4 Å². The van der Waals surface area contributed by atoms with Crippen molar-refractivity contribution in [2.75, 3.05) is 14.2 Å². The van der Waals surface area contributed by atoms with Crippen LogP contribution in [-0.2, 0) is 0 Å². The molecule has 0 saturated heterocycles. The number of amides is 1. The lowest BCUT2D eigenvalue weighted by molar-refractivity contribution is 0.0952. The molecule has 1 amide bonds. The molecule has 8 heteroatoms. The van der Waals surface area contributed by atoms with Crippen molar-refractivity contribution in [3.63, 3.8) is 0 Å². The normalized spacial score (nSPS) is 10.7. The molecule has 2 rings (SSSR count). The van der Waals surface area contributed by atoms with E-state index in [1.165, 1.54) is 25.5 Å². The average molecular weight is 458 g/mol. The number of carbonyl (C=O) groups is 1. The quantitative estimate of drug-likeness (QED) is 0.530. The third-order valence-corrected chi connectivity index (χ3v) is 4.19. The molecule has 2 aromatic carbocycles. The Morgan fingerprint density at radius 1 is 1.17 bits per heavy atom. The molecule has 0 fully saturated rings. The predicted octanol–water partition coefficient (Wildman–Crippen LogP) is 3.70. The van der Waals surface area contributed by atoms with E-state index in [4.69, 9.17) is 9.47 Å². The average Bonchev–Trinajstić information content (AvgIpc) is 2.57. The lowest BCUT2D eigenvalue weighted by Crippen LogP contribution is -2.17. The van der Waals surface area contributed by atoms with Gasteiger partial charge in [-0.1, -0.05) is 15.9 Å². The first-order valence-electron chi connectivity index (χ1n) is 6.69. The molecule has 0 aromatic heterocycles. The summed E-state index contributed by atoms with van der Waals surface area (Å²) < 4.78 is 11.9. The van der Waals surface area contributed by atoms with Gasteiger partial charge in [0.1, 0.15) is 17.2 Å². The maximum atomic E-state index is 12.1. The highest BCUT2D eigenvalue weighted by Crippen LogP contribution is 2.32. The van der Waals surface area contributed by atoms with Crippen molar-refractivity contribution in [2.24, 2.45) is 5.10 Å². The summed E-state index contributed by atoms with van der Waals surface area (Å²) in [5, 5.41) is 13.6. The number of hydrogen-bond acceptors (Lipinski definition) is 5. The Bertz CT molecular complexity index is 794. The fourth-order valence-corrected chi connectivity index (χ4v) is 2.78. The van der Waals surface area contributed by atoms with E-state index in [0.29, 0.717) is 21.5 Å². The van der Waals surface area contributed by atoms with Crippen LogP contribution >= 0.6 is 31.9 Å². The van der Waals surface area contributed by atoms with E-state index in [-0.39, 0.29) is 11.3 Å². The minimum absolute atomic E-state index is 0.115. The zero-order valence-corrected chi connectivity index (χ0v) is 16.0. The Labute approximate surface area is 155 Å². The topological polar surface area (TPSA) is 80.2 Å². The van der Waals surface area contributed by atoms with E-state index in [1.807, 2.05) is 0 Å². The molecule has 0 saturated carbocycles. The standard InChI is InChI=1S/C16H14Br2N2O4/c1-23-14-7-15(24-2)12(18)5-9(14)8-19-20-16(22)11-6-10(17)3-4-13(11)21/h3-8,21H,1-2H3,(H,20,22)/b19-8+. The fourth-order valence-electron chi connectivity index (χ4n) is 1.90. The third kappa shape index (κ3) is 4.27. The molecule has 24 heavy (non-hydrogen) atoms. The van der Waals surface area contributed by atoms with Gasteiger partial charge >= 0.3 is 0 Å². The molecule has 126 valence electrons. The summed E-state index contributed by atoms with van der Waals surface area (Å²) in [6.07, 6.45) is 1.44. The molecule has 0 aliphatic heterocycles. The van der Waals surface area contributed by atoms with E-state index < -0.39 is 5.91 Å². The van der Waals surface area contributed by atoms with Crippen molar-refractivity contribution in [3.8, 4) is 17.2 Å². The van der Waals surface area contributed by atoms with Gasteiger partial charge in [-0.15, -0.1) is 0 Å². The molecular formula is C16H14Br2N2O4. The first-order valence-corrected chi connectivity index (χ1v) is 8.28. The summed E-state index contributed by atoms with van der Waals surface area (Å²) in [5.41, 5.74) is 3.12. The van der Waals surface area contributed by atoms with Crippen molar-refractivity contribution >= 4 is 44.0 Å². The summed E-state index contributed by atoms with van der Waals surface area (Å²) in [7, 11) is 3.08. The number of ether oxygens (including phenoxy) is 2. The van der Waals surface area contributed by atoms with Crippen LogP contribution in [0.1, 0.15) is 15.9 Å². The predicted molar refractivity (Wildman–Crippen MR) is 98.1 cm³/mol. The summed E-state index contributed by atoms with van der Waals surface area (Å²) >= 11 is 6.62. The summed E-state index contributed by atoms with van der Waals surface area (Å²) in [6.45, 7) is 0. The van der Waals surface area contributed by atoms with Crippen molar-refractivity contribution in [3.05, 3.63) is 50.4 Å². The molecule has 0 radical (unpaired) electrons. The molecule has 2 aromatic rings. The van der Waals surface area contributed by atoms with Crippen molar-refractivity contribution in [1.29, 1.82) is 0 Å². The van der Waals surface area contributed by atoms with Gasteiger partial charge in [-0.05, 0) is 40.2 Å². The van der Waals surface area contributed by atoms with Gasteiger partial charge in [-0.25, -0.2) is 5.43 Å². The smallest absolute Gasteiger partial charge is 0.275 e. The molecule has 0 aliphatic rings. The van der Waals surface area contributed by atoms with Crippen LogP contribution in [-0.4, -0.2) is 31.4 Å². The maximum absolute atomic E-state index is 12.1. The van der Waals surface area contributed by atoms with Crippen LogP contribution in [0.5, 0.6) is 17.2 Å². The Hall–Kier alpha value is -2.06. The highest BCUT2D eigenvalue weighted by Gasteiger charge is 2.11. The number of phenolic OH excluding ortho intramolecular Hbond substituents is 1. The minimum Gasteiger partial charge on any atom is -0.507 e. The van der Waals surface area contributed by atoms with Crippen LogP contribution in [0.25, 0.3) is 0 Å². The number of aromatic hydroxyl groups is 1. The van der Waals surface area contributed by atoms with Gasteiger partial charge in [0.25, 0.3) is 5.91 Å². The number of benzene rings is 2. The first-order chi connectivity index (χ1) is 11.5. The molecule has 0 unspecified atom stereocenters. The Kier molecular flexibility index (Phi) is 6.22. The lowest BCUT2D eigenvalue weighted by atomic mass is 10.2. The van der Waals surface area contributed by atoms with Gasteiger partial charge in [-0.3, -0.25) is 4.79 Å². The van der Waals surface area contributed by atoms with Crippen LogP contribution in [0.15, 0.2) is 44.4 Å². The van der Waals surface area contributed by atoms with E-state index >= 15 is 0 Å². The van der Waals surface area contributed by atoms with Crippen LogP contribution in [0, 0.1) is 0 Å². The van der Waals surface area contributed by atoms with Gasteiger partial charge in [0.05, 0.1) is 30.5 Å². The second-order valence-electron chi connectivity index (χ2n) is 4.59. The molecule has 0 atom stereocenters. The third-order valence-electron chi connectivity index (χ3n) is 3.08. The van der Waals surface area contributed by atoms with E-state index in [0.717, 1.165) is 4.47 Å². The number of nitrogens with one attached hydrogen (secondary N) is 1. The molecule has 2 N–H and O–H groups in total. The molecule has 0 aliphatic carbocycles. The highest BCUT2D eigenvalue weighted by molar-refractivity contribution is 9.10. The number of carbonyl (C=O) groups excluding carboxylic acids is 1. The van der Waals surface area contributed by atoms with Crippen LogP contribution < -0.4 is 14.9 Å². The van der Waals surface area contributed by atoms with Crippen LogP contribution in [0.4, 0.5) is 0 Å². The van der Waals surface area contributed by atoms with Gasteiger partial charge in [0.15, 0.2) is 0 Å². The van der Waals surface area contributed by atoms with E-state index in [2.05, 4.69) is 42.4 Å². The molecule has 0 bridgehead atoms. The van der Waals surface area contributed by atoms with Gasteiger partial charge < -0.3 is 14.6 Å². The van der Waals surface area contributed by atoms with Crippen LogP contribution in [0.3, 0.4) is 0 Å². The SMILES string of the molecule is COc1cc(OC)c(/C=N/NC(=O)c2cc(Br)ccc2O)cc1Br. The van der Waals surface area contributed by atoms with Crippen LogP contribution in [0.2, 0.25) is 0 Å². The molecule has 6 nitrogen and oxygen atoms in total. The largest absolute Gasteiger partial charge is 0.507 e. The molecule has 0 spiro atoms. The fraction of sp³-hybridized carbons (Fsp3) is 0.125. The zero-order valence-electron chi connectivity index (χ0n) is 12.8. The number of hydrazone groups is 1. The van der Waals surface area contributed by atoms with Gasteiger partial charge in [0, 0.05) is 16.1 Å².